The predicted octanol–water partition coefficient (Wildman–Crippen LogP) is 4.49. The van der Waals surface area contributed by atoms with Gasteiger partial charge in [0, 0.05) is 24.5 Å². The van der Waals surface area contributed by atoms with Gasteiger partial charge < -0.3 is 15.4 Å². The molecule has 0 heterocycles. The number of methoxy groups -OCH3 is 1. The van der Waals surface area contributed by atoms with Crippen LogP contribution in [0.2, 0.25) is 5.02 Å². The molecule has 0 aliphatic heterocycles. The third-order valence-electron chi connectivity index (χ3n) is 3.30. The van der Waals surface area contributed by atoms with Crippen molar-refractivity contribution in [1.29, 1.82) is 0 Å². The lowest BCUT2D eigenvalue weighted by molar-refractivity contribution is 0.415. The van der Waals surface area contributed by atoms with Crippen LogP contribution < -0.4 is 15.4 Å². The molecule has 3 nitrogen and oxygen atoms in total. The minimum absolute atomic E-state index is 0.616. The highest BCUT2D eigenvalue weighted by molar-refractivity contribution is 6.32. The molecule has 0 aliphatic carbocycles. The molecule has 2 aromatic rings. The summed E-state index contributed by atoms with van der Waals surface area (Å²) in [6.45, 7) is 5.88. The van der Waals surface area contributed by atoms with Crippen molar-refractivity contribution in [2.75, 3.05) is 30.8 Å². The lowest BCUT2D eigenvalue weighted by Gasteiger charge is -2.12. The maximum absolute atomic E-state index is 6.09. The van der Waals surface area contributed by atoms with Gasteiger partial charge in [-0.25, -0.2) is 0 Å². The molecule has 0 bridgehead atoms. The van der Waals surface area contributed by atoms with E-state index in [0.717, 1.165) is 18.8 Å². The van der Waals surface area contributed by atoms with E-state index in [1.54, 1.807) is 7.11 Å². The molecule has 0 aliphatic rings. The highest BCUT2D eigenvalue weighted by Gasteiger charge is 2.01. The van der Waals surface area contributed by atoms with Gasteiger partial charge in [0.25, 0.3) is 0 Å². The zero-order chi connectivity index (χ0) is 15.2. The van der Waals surface area contributed by atoms with Crippen molar-refractivity contribution in [3.8, 4) is 5.75 Å². The summed E-state index contributed by atoms with van der Waals surface area (Å²) in [5.74, 6) is 0.690. The first-order chi connectivity index (χ1) is 10.1. The highest BCUT2D eigenvalue weighted by atomic mass is 35.5. The van der Waals surface area contributed by atoms with Crippen LogP contribution in [0.15, 0.2) is 36.4 Å². The summed E-state index contributed by atoms with van der Waals surface area (Å²) in [5, 5.41) is 7.38. The fraction of sp³-hybridized carbons (Fsp3) is 0.294. The first-order valence-corrected chi connectivity index (χ1v) is 7.36. The number of benzene rings is 2. The van der Waals surface area contributed by atoms with Gasteiger partial charge >= 0.3 is 0 Å². The topological polar surface area (TPSA) is 33.3 Å². The van der Waals surface area contributed by atoms with Gasteiger partial charge in [-0.2, -0.15) is 0 Å². The largest absolute Gasteiger partial charge is 0.495 e. The van der Waals surface area contributed by atoms with E-state index in [9.17, 15) is 0 Å². The first-order valence-electron chi connectivity index (χ1n) is 6.98. The molecule has 0 saturated heterocycles. The second-order valence-electron chi connectivity index (χ2n) is 5.02. The number of halogens is 1. The van der Waals surface area contributed by atoms with Crippen molar-refractivity contribution >= 4 is 23.0 Å². The first kappa shape index (κ1) is 15.5. The molecule has 0 atom stereocenters. The van der Waals surface area contributed by atoms with Crippen LogP contribution in [0.25, 0.3) is 0 Å². The summed E-state index contributed by atoms with van der Waals surface area (Å²) in [6, 6.07) is 12.1. The highest BCUT2D eigenvalue weighted by Crippen LogP contribution is 2.27. The molecule has 0 spiro atoms. The van der Waals surface area contributed by atoms with Gasteiger partial charge in [0.1, 0.15) is 5.75 Å². The van der Waals surface area contributed by atoms with Gasteiger partial charge in [-0.05, 0) is 43.7 Å². The van der Waals surface area contributed by atoms with E-state index in [0.29, 0.717) is 10.8 Å². The molecule has 0 fully saturated rings. The van der Waals surface area contributed by atoms with Crippen LogP contribution in [0.5, 0.6) is 5.75 Å². The molecule has 0 radical (unpaired) electrons. The zero-order valence-corrected chi connectivity index (χ0v) is 13.4. The number of aryl methyl sites for hydroxylation is 2. The Bertz CT molecular complexity index is 614. The second kappa shape index (κ2) is 7.23. The fourth-order valence-corrected chi connectivity index (χ4v) is 2.45. The average molecular weight is 305 g/mol. The van der Waals surface area contributed by atoms with Crippen molar-refractivity contribution < 1.29 is 4.74 Å². The summed E-state index contributed by atoms with van der Waals surface area (Å²) < 4.78 is 5.13. The summed E-state index contributed by atoms with van der Waals surface area (Å²) in [7, 11) is 1.61. The number of hydrogen-bond donors (Lipinski definition) is 2. The summed E-state index contributed by atoms with van der Waals surface area (Å²) in [6.07, 6.45) is 0. The smallest absolute Gasteiger partial charge is 0.137 e. The minimum Gasteiger partial charge on any atom is -0.495 e. The van der Waals surface area contributed by atoms with E-state index < -0.39 is 0 Å². The number of hydrogen-bond acceptors (Lipinski definition) is 3. The van der Waals surface area contributed by atoms with Crippen molar-refractivity contribution in [2.45, 2.75) is 13.8 Å². The Hall–Kier alpha value is -1.87. The van der Waals surface area contributed by atoms with Crippen LogP contribution in [0.1, 0.15) is 11.1 Å². The van der Waals surface area contributed by atoms with Gasteiger partial charge in [0.15, 0.2) is 0 Å². The number of ether oxygens (including phenoxy) is 1. The lowest BCUT2D eigenvalue weighted by atomic mass is 10.1. The average Bonchev–Trinajstić information content (AvgIpc) is 2.45. The maximum Gasteiger partial charge on any atom is 0.137 e. The van der Waals surface area contributed by atoms with Crippen molar-refractivity contribution in [3.05, 3.63) is 52.5 Å². The third kappa shape index (κ3) is 4.30. The second-order valence-corrected chi connectivity index (χ2v) is 5.43. The van der Waals surface area contributed by atoms with E-state index in [1.165, 1.54) is 16.8 Å². The Labute approximate surface area is 131 Å². The molecule has 2 aromatic carbocycles. The molecule has 0 saturated carbocycles. The molecule has 2 N–H and O–H groups in total. The molecule has 0 unspecified atom stereocenters. The van der Waals surface area contributed by atoms with Gasteiger partial charge in [-0.3, -0.25) is 0 Å². The lowest BCUT2D eigenvalue weighted by Crippen LogP contribution is -2.14. The summed E-state index contributed by atoms with van der Waals surface area (Å²) in [5.41, 5.74) is 4.71. The molecule has 112 valence electrons. The van der Waals surface area contributed by atoms with Crippen LogP contribution in [-0.4, -0.2) is 20.2 Å². The van der Waals surface area contributed by atoms with Crippen LogP contribution in [0.3, 0.4) is 0 Å². The number of anilines is 2. The Morgan fingerprint density at radius 3 is 2.43 bits per heavy atom. The van der Waals surface area contributed by atoms with Crippen molar-refractivity contribution in [3.63, 3.8) is 0 Å². The van der Waals surface area contributed by atoms with Crippen LogP contribution in [0, 0.1) is 13.8 Å². The third-order valence-corrected chi connectivity index (χ3v) is 3.60. The molecular formula is C17H21ClN2O. The molecule has 21 heavy (non-hydrogen) atoms. The number of rotatable bonds is 6. The molecule has 2 rings (SSSR count). The molecule has 0 aromatic heterocycles. The van der Waals surface area contributed by atoms with Crippen molar-refractivity contribution in [1.82, 2.24) is 0 Å². The fourth-order valence-electron chi connectivity index (χ4n) is 2.19. The van der Waals surface area contributed by atoms with Gasteiger partial charge in [-0.1, -0.05) is 29.3 Å². The summed E-state index contributed by atoms with van der Waals surface area (Å²) >= 11 is 6.09. The Morgan fingerprint density at radius 1 is 1.00 bits per heavy atom. The van der Waals surface area contributed by atoms with Gasteiger partial charge in [0.05, 0.1) is 12.1 Å². The van der Waals surface area contributed by atoms with Gasteiger partial charge in [-0.15, -0.1) is 0 Å². The molecule has 0 amide bonds. The van der Waals surface area contributed by atoms with Crippen LogP contribution in [0.4, 0.5) is 11.4 Å². The molecular weight excluding hydrogens is 284 g/mol. The minimum atomic E-state index is 0.616. The summed E-state index contributed by atoms with van der Waals surface area (Å²) in [4.78, 5) is 0. The monoisotopic (exact) mass is 304 g/mol. The Balaban J connectivity index is 1.83. The normalized spacial score (nSPS) is 10.3. The van der Waals surface area contributed by atoms with Crippen LogP contribution >= 0.6 is 11.6 Å². The van der Waals surface area contributed by atoms with E-state index in [1.807, 2.05) is 18.2 Å². The standard InChI is InChI=1S/C17H21ClN2O/c1-12-4-6-16(13(2)10-12)20-9-8-19-14-5-7-17(21-3)15(18)11-14/h4-7,10-11,19-20H,8-9H2,1-3H3. The SMILES string of the molecule is COc1ccc(NCCNc2ccc(C)cc2C)cc1Cl. The van der Waals surface area contributed by atoms with E-state index in [4.69, 9.17) is 16.3 Å². The predicted molar refractivity (Wildman–Crippen MR) is 90.9 cm³/mol. The quantitative estimate of drug-likeness (QED) is 0.771. The van der Waals surface area contributed by atoms with E-state index in [2.05, 4.69) is 42.7 Å². The van der Waals surface area contributed by atoms with Crippen molar-refractivity contribution in [2.24, 2.45) is 0 Å². The Kier molecular flexibility index (Phi) is 5.34. The van der Waals surface area contributed by atoms with Gasteiger partial charge in [0.2, 0.25) is 0 Å². The Morgan fingerprint density at radius 2 is 1.76 bits per heavy atom. The van der Waals surface area contributed by atoms with E-state index in [-0.39, 0.29) is 0 Å². The molecule has 4 heteroatoms. The van der Waals surface area contributed by atoms with E-state index >= 15 is 0 Å². The number of nitrogens with one attached hydrogen (secondary N) is 2. The van der Waals surface area contributed by atoms with Crippen LogP contribution in [-0.2, 0) is 0 Å². The zero-order valence-electron chi connectivity index (χ0n) is 12.7. The maximum atomic E-state index is 6.09.